The molecule has 0 aliphatic carbocycles. The Morgan fingerprint density at radius 2 is 1.14 bits per heavy atom. The van der Waals surface area contributed by atoms with Crippen molar-refractivity contribution >= 4 is 11.6 Å². The fourth-order valence-electron chi connectivity index (χ4n) is 3.26. The summed E-state index contributed by atoms with van der Waals surface area (Å²) in [6, 6.07) is 8.72. The summed E-state index contributed by atoms with van der Waals surface area (Å²) < 4.78 is 0. The number of nitrogens with zero attached hydrogens (tertiary/aromatic N) is 2. The lowest BCUT2D eigenvalue weighted by Gasteiger charge is -2.27. The van der Waals surface area contributed by atoms with Crippen molar-refractivity contribution in [3.8, 4) is 0 Å². The number of benzene rings is 1. The molecule has 0 atom stereocenters. The van der Waals surface area contributed by atoms with E-state index in [2.05, 4.69) is 34.1 Å². The van der Waals surface area contributed by atoms with Gasteiger partial charge in [-0.15, -0.1) is 0 Å². The third kappa shape index (κ3) is 4.24. The van der Waals surface area contributed by atoms with Crippen LogP contribution in [-0.2, 0) is 22.7 Å². The summed E-state index contributed by atoms with van der Waals surface area (Å²) in [5.74, 6) is 0.786. The second-order valence-electron chi connectivity index (χ2n) is 6.45. The van der Waals surface area contributed by atoms with E-state index in [1.807, 2.05) is 0 Å². The van der Waals surface area contributed by atoms with Crippen molar-refractivity contribution in [3.63, 3.8) is 0 Å². The van der Waals surface area contributed by atoms with E-state index >= 15 is 0 Å². The Hall–Kier alpha value is -1.52. The van der Waals surface area contributed by atoms with E-state index in [1.54, 1.807) is 0 Å². The van der Waals surface area contributed by atoms with Gasteiger partial charge in [0.05, 0.1) is 0 Å². The molecule has 2 aliphatic rings. The van der Waals surface area contributed by atoms with E-state index in [1.165, 1.54) is 11.1 Å². The Labute approximate surface area is 132 Å². The standard InChI is InChI=1S/C18H24N2O2/c21-17-4-8-19(9-5-17)13-15-2-1-3-16(12-15)14-20-10-6-18(22)7-11-20/h1-3,12H,4-11,13-14H2. The molecule has 118 valence electrons. The lowest BCUT2D eigenvalue weighted by atomic mass is 10.1. The van der Waals surface area contributed by atoms with Gasteiger partial charge in [-0.3, -0.25) is 19.4 Å². The van der Waals surface area contributed by atoms with Gasteiger partial charge in [0, 0.05) is 65.0 Å². The number of carbonyl (C=O) groups is 2. The van der Waals surface area contributed by atoms with Gasteiger partial charge in [-0.1, -0.05) is 24.3 Å². The summed E-state index contributed by atoms with van der Waals surface area (Å²) in [4.78, 5) is 27.3. The van der Waals surface area contributed by atoms with Gasteiger partial charge in [0.1, 0.15) is 11.6 Å². The van der Waals surface area contributed by atoms with Crippen LogP contribution in [0.4, 0.5) is 0 Å². The van der Waals surface area contributed by atoms with Crippen LogP contribution in [0.15, 0.2) is 24.3 Å². The normalized spacial score (nSPS) is 21.3. The molecule has 22 heavy (non-hydrogen) atoms. The Morgan fingerprint density at radius 3 is 1.55 bits per heavy atom. The molecule has 0 aromatic heterocycles. The molecule has 4 nitrogen and oxygen atoms in total. The highest BCUT2D eigenvalue weighted by atomic mass is 16.1. The van der Waals surface area contributed by atoms with E-state index < -0.39 is 0 Å². The summed E-state index contributed by atoms with van der Waals surface area (Å²) in [5.41, 5.74) is 2.64. The van der Waals surface area contributed by atoms with Crippen molar-refractivity contribution in [1.82, 2.24) is 9.80 Å². The molecule has 2 fully saturated rings. The Morgan fingerprint density at radius 1 is 0.727 bits per heavy atom. The van der Waals surface area contributed by atoms with Gasteiger partial charge in [-0.2, -0.15) is 0 Å². The Kier molecular flexibility index (Phi) is 5.01. The second-order valence-corrected chi connectivity index (χ2v) is 6.45. The van der Waals surface area contributed by atoms with Crippen molar-refractivity contribution in [2.75, 3.05) is 26.2 Å². The largest absolute Gasteiger partial charge is 0.300 e. The zero-order valence-corrected chi connectivity index (χ0v) is 13.1. The maximum atomic E-state index is 11.3. The first kappa shape index (κ1) is 15.4. The number of hydrogen-bond donors (Lipinski definition) is 0. The number of piperidine rings is 2. The van der Waals surface area contributed by atoms with Gasteiger partial charge in [-0.25, -0.2) is 0 Å². The van der Waals surface area contributed by atoms with Crippen LogP contribution >= 0.6 is 0 Å². The zero-order chi connectivity index (χ0) is 15.4. The molecule has 2 heterocycles. The molecule has 0 saturated carbocycles. The lowest BCUT2D eigenvalue weighted by Crippen LogP contribution is -2.34. The summed E-state index contributed by atoms with van der Waals surface area (Å²) in [5, 5.41) is 0. The van der Waals surface area contributed by atoms with E-state index in [0.717, 1.165) is 39.3 Å². The van der Waals surface area contributed by atoms with E-state index in [9.17, 15) is 9.59 Å². The predicted octanol–water partition coefficient (Wildman–Crippen LogP) is 2.02. The fourth-order valence-corrected chi connectivity index (χ4v) is 3.26. The van der Waals surface area contributed by atoms with Crippen LogP contribution in [0, 0.1) is 0 Å². The molecule has 2 saturated heterocycles. The number of rotatable bonds is 4. The average Bonchev–Trinajstić information content (AvgIpc) is 2.52. The van der Waals surface area contributed by atoms with Crippen molar-refractivity contribution in [2.45, 2.75) is 38.8 Å². The highest BCUT2D eigenvalue weighted by Crippen LogP contribution is 2.15. The lowest BCUT2D eigenvalue weighted by molar-refractivity contribution is -0.122. The van der Waals surface area contributed by atoms with Gasteiger partial charge >= 0.3 is 0 Å². The maximum absolute atomic E-state index is 11.3. The molecule has 0 unspecified atom stereocenters. The van der Waals surface area contributed by atoms with Crippen molar-refractivity contribution < 1.29 is 9.59 Å². The first-order valence-electron chi connectivity index (χ1n) is 8.25. The molecule has 0 radical (unpaired) electrons. The van der Waals surface area contributed by atoms with Crippen LogP contribution in [0.25, 0.3) is 0 Å². The van der Waals surface area contributed by atoms with Gasteiger partial charge in [0.15, 0.2) is 0 Å². The van der Waals surface area contributed by atoms with Crippen LogP contribution < -0.4 is 0 Å². The monoisotopic (exact) mass is 300 g/mol. The van der Waals surface area contributed by atoms with Gasteiger partial charge in [0.25, 0.3) is 0 Å². The Balaban J connectivity index is 1.55. The van der Waals surface area contributed by atoms with Crippen LogP contribution in [0.3, 0.4) is 0 Å². The number of hydrogen-bond acceptors (Lipinski definition) is 4. The van der Waals surface area contributed by atoms with E-state index in [0.29, 0.717) is 37.2 Å². The van der Waals surface area contributed by atoms with Crippen molar-refractivity contribution in [3.05, 3.63) is 35.4 Å². The average molecular weight is 300 g/mol. The van der Waals surface area contributed by atoms with Crippen molar-refractivity contribution in [1.29, 1.82) is 0 Å². The minimum absolute atomic E-state index is 0.393. The second kappa shape index (κ2) is 7.16. The summed E-state index contributed by atoms with van der Waals surface area (Å²) in [6.45, 7) is 5.41. The number of Topliss-reactive ketones (excluding diaryl/α,β-unsaturated/α-hetero) is 2. The molecule has 4 heteroatoms. The molecule has 0 amide bonds. The molecular weight excluding hydrogens is 276 g/mol. The van der Waals surface area contributed by atoms with Crippen LogP contribution in [0.1, 0.15) is 36.8 Å². The smallest absolute Gasteiger partial charge is 0.135 e. The highest BCUT2D eigenvalue weighted by Gasteiger charge is 2.17. The summed E-state index contributed by atoms with van der Waals surface area (Å²) >= 11 is 0. The SMILES string of the molecule is O=C1CCN(Cc2cccc(CN3CCC(=O)CC3)c2)CC1. The van der Waals surface area contributed by atoms with Crippen LogP contribution in [0.2, 0.25) is 0 Å². The van der Waals surface area contributed by atoms with Gasteiger partial charge in [0.2, 0.25) is 0 Å². The third-order valence-electron chi connectivity index (χ3n) is 4.63. The van der Waals surface area contributed by atoms with Gasteiger partial charge in [-0.05, 0) is 11.1 Å². The molecule has 1 aromatic carbocycles. The first-order chi connectivity index (χ1) is 10.7. The van der Waals surface area contributed by atoms with Crippen molar-refractivity contribution in [2.24, 2.45) is 0 Å². The van der Waals surface area contributed by atoms with Crippen LogP contribution in [-0.4, -0.2) is 47.5 Å². The zero-order valence-electron chi connectivity index (χ0n) is 13.1. The predicted molar refractivity (Wildman–Crippen MR) is 85.5 cm³/mol. The number of likely N-dealkylation sites (tertiary alicyclic amines) is 2. The highest BCUT2D eigenvalue weighted by molar-refractivity contribution is 5.79. The third-order valence-corrected chi connectivity index (χ3v) is 4.63. The number of ketones is 2. The van der Waals surface area contributed by atoms with E-state index in [-0.39, 0.29) is 0 Å². The molecule has 0 spiro atoms. The molecule has 3 rings (SSSR count). The summed E-state index contributed by atoms with van der Waals surface area (Å²) in [6.07, 6.45) is 2.78. The maximum Gasteiger partial charge on any atom is 0.135 e. The molecule has 0 bridgehead atoms. The molecule has 2 aliphatic heterocycles. The number of carbonyl (C=O) groups excluding carboxylic acids is 2. The molecule has 1 aromatic rings. The summed E-state index contributed by atoms with van der Waals surface area (Å²) in [7, 11) is 0. The first-order valence-corrected chi connectivity index (χ1v) is 8.25. The Bertz CT molecular complexity index is 491. The minimum atomic E-state index is 0.393. The fraction of sp³-hybridized carbons (Fsp3) is 0.556. The topological polar surface area (TPSA) is 40.6 Å². The quantitative estimate of drug-likeness (QED) is 0.853. The van der Waals surface area contributed by atoms with E-state index in [4.69, 9.17) is 0 Å². The van der Waals surface area contributed by atoms with Crippen LogP contribution in [0.5, 0.6) is 0 Å². The van der Waals surface area contributed by atoms with Gasteiger partial charge < -0.3 is 0 Å². The molecule has 0 N–H and O–H groups in total. The molecular formula is C18H24N2O2. The minimum Gasteiger partial charge on any atom is -0.300 e.